The lowest BCUT2D eigenvalue weighted by atomic mass is 10.0. The number of fused-ring (bicyclic) bond motifs is 1. The van der Waals surface area contributed by atoms with Gasteiger partial charge in [0.05, 0.1) is 10.7 Å². The maximum atomic E-state index is 5.69. The molecule has 0 spiro atoms. The second kappa shape index (κ2) is 4.82. The van der Waals surface area contributed by atoms with Gasteiger partial charge in [0.1, 0.15) is 0 Å². The topological polar surface area (TPSA) is 38.9 Å². The van der Waals surface area contributed by atoms with Crippen LogP contribution in [0.25, 0.3) is 11.3 Å². The van der Waals surface area contributed by atoms with Gasteiger partial charge in [-0.1, -0.05) is 12.1 Å². The first kappa shape index (κ1) is 11.9. The zero-order valence-electron chi connectivity index (χ0n) is 10.7. The summed E-state index contributed by atoms with van der Waals surface area (Å²) in [5, 5.41) is 1.13. The van der Waals surface area contributed by atoms with E-state index in [-0.39, 0.29) is 0 Å². The predicted octanol–water partition coefficient (Wildman–Crippen LogP) is 3.11. The van der Waals surface area contributed by atoms with E-state index in [2.05, 4.69) is 30.1 Å². The van der Waals surface area contributed by atoms with Crippen molar-refractivity contribution in [3.63, 3.8) is 0 Å². The predicted molar refractivity (Wildman–Crippen MR) is 77.1 cm³/mol. The Morgan fingerprint density at radius 1 is 1.28 bits per heavy atom. The number of nitrogens with two attached hydrogens (primary N) is 1. The van der Waals surface area contributed by atoms with E-state index in [9.17, 15) is 0 Å². The van der Waals surface area contributed by atoms with Gasteiger partial charge in [-0.05, 0) is 56.3 Å². The number of aryl methyl sites for hydroxylation is 3. The van der Waals surface area contributed by atoms with Crippen molar-refractivity contribution in [3.05, 3.63) is 39.2 Å². The van der Waals surface area contributed by atoms with E-state index in [1.165, 1.54) is 40.8 Å². The van der Waals surface area contributed by atoms with E-state index in [4.69, 9.17) is 5.73 Å². The van der Waals surface area contributed by atoms with Gasteiger partial charge in [-0.15, -0.1) is 11.3 Å². The van der Waals surface area contributed by atoms with Crippen LogP contribution in [0.3, 0.4) is 0 Å². The molecule has 1 heterocycles. The molecule has 2 aromatic rings. The van der Waals surface area contributed by atoms with Crippen molar-refractivity contribution in [3.8, 4) is 11.3 Å². The number of hydrogen-bond donors (Lipinski definition) is 1. The minimum atomic E-state index is 0.694. The van der Waals surface area contributed by atoms with Crippen LogP contribution in [0, 0.1) is 6.92 Å². The molecule has 1 aromatic carbocycles. The molecule has 1 aromatic heterocycles. The third-order valence-corrected chi connectivity index (χ3v) is 4.58. The molecule has 0 aliphatic heterocycles. The molecule has 1 aliphatic carbocycles. The standard InChI is InChI=1S/C15H18N2S/c1-10-17-15(14(18-10)7-8-16)13-6-5-11-3-2-4-12(11)9-13/h5-6,9H,2-4,7-8,16H2,1H3. The van der Waals surface area contributed by atoms with Gasteiger partial charge in [0.25, 0.3) is 0 Å². The van der Waals surface area contributed by atoms with Gasteiger partial charge < -0.3 is 5.73 Å². The highest BCUT2D eigenvalue weighted by Gasteiger charge is 2.15. The molecule has 1 aliphatic rings. The molecule has 0 bridgehead atoms. The molecule has 3 heteroatoms. The second-order valence-corrected chi connectivity index (χ2v) is 6.17. The summed E-state index contributed by atoms with van der Waals surface area (Å²) in [5.74, 6) is 0. The summed E-state index contributed by atoms with van der Waals surface area (Å²) < 4.78 is 0. The van der Waals surface area contributed by atoms with Crippen molar-refractivity contribution in [1.82, 2.24) is 4.98 Å². The van der Waals surface area contributed by atoms with Gasteiger partial charge in [0.15, 0.2) is 0 Å². The van der Waals surface area contributed by atoms with Gasteiger partial charge >= 0.3 is 0 Å². The van der Waals surface area contributed by atoms with Crippen molar-refractivity contribution in [2.45, 2.75) is 32.6 Å². The van der Waals surface area contributed by atoms with Crippen LogP contribution in [-0.4, -0.2) is 11.5 Å². The smallest absolute Gasteiger partial charge is 0.0904 e. The Balaban J connectivity index is 2.03. The molecule has 0 amide bonds. The van der Waals surface area contributed by atoms with Crippen LogP contribution in [0.5, 0.6) is 0 Å². The molecule has 0 saturated heterocycles. The molecular weight excluding hydrogens is 240 g/mol. The number of rotatable bonds is 3. The molecule has 18 heavy (non-hydrogen) atoms. The Kier molecular flexibility index (Phi) is 3.18. The molecule has 0 atom stereocenters. The maximum absolute atomic E-state index is 5.69. The molecule has 94 valence electrons. The highest BCUT2D eigenvalue weighted by atomic mass is 32.1. The summed E-state index contributed by atoms with van der Waals surface area (Å²) in [5.41, 5.74) is 11.1. The maximum Gasteiger partial charge on any atom is 0.0904 e. The summed E-state index contributed by atoms with van der Waals surface area (Å²) in [6.45, 7) is 2.77. The molecular formula is C15H18N2S. The first-order valence-corrected chi connectivity index (χ1v) is 7.38. The zero-order valence-corrected chi connectivity index (χ0v) is 11.5. The largest absolute Gasteiger partial charge is 0.330 e. The lowest BCUT2D eigenvalue weighted by molar-refractivity contribution is 0.912. The highest BCUT2D eigenvalue weighted by Crippen LogP contribution is 2.32. The normalized spacial score (nSPS) is 13.9. The van der Waals surface area contributed by atoms with E-state index in [0.29, 0.717) is 6.54 Å². The van der Waals surface area contributed by atoms with Crippen molar-refractivity contribution >= 4 is 11.3 Å². The van der Waals surface area contributed by atoms with Crippen molar-refractivity contribution in [2.24, 2.45) is 5.73 Å². The summed E-state index contributed by atoms with van der Waals surface area (Å²) >= 11 is 1.78. The number of hydrogen-bond acceptors (Lipinski definition) is 3. The average Bonchev–Trinajstić information content (AvgIpc) is 2.95. The summed E-state index contributed by atoms with van der Waals surface area (Å²) in [7, 11) is 0. The number of benzene rings is 1. The van der Waals surface area contributed by atoms with Crippen molar-refractivity contribution < 1.29 is 0 Å². The average molecular weight is 258 g/mol. The minimum absolute atomic E-state index is 0.694. The van der Waals surface area contributed by atoms with E-state index in [0.717, 1.165) is 17.1 Å². The Bertz CT molecular complexity index is 572. The molecule has 2 nitrogen and oxygen atoms in total. The third kappa shape index (κ3) is 2.08. The fourth-order valence-electron chi connectivity index (χ4n) is 2.71. The van der Waals surface area contributed by atoms with Crippen LogP contribution in [0.1, 0.15) is 27.4 Å². The van der Waals surface area contributed by atoms with E-state index in [1.54, 1.807) is 11.3 Å². The SMILES string of the molecule is Cc1nc(-c2ccc3c(c2)CCC3)c(CCN)s1. The van der Waals surface area contributed by atoms with Crippen LogP contribution in [0.4, 0.5) is 0 Å². The molecule has 3 rings (SSSR count). The molecule has 0 fully saturated rings. The van der Waals surface area contributed by atoms with E-state index >= 15 is 0 Å². The van der Waals surface area contributed by atoms with E-state index < -0.39 is 0 Å². The summed E-state index contributed by atoms with van der Waals surface area (Å²) in [6, 6.07) is 6.83. The number of nitrogens with zero attached hydrogens (tertiary/aromatic N) is 1. The third-order valence-electron chi connectivity index (χ3n) is 3.55. The fourth-order valence-corrected chi connectivity index (χ4v) is 3.69. The molecule has 0 radical (unpaired) electrons. The first-order chi connectivity index (χ1) is 8.78. The number of thiazole rings is 1. The van der Waals surface area contributed by atoms with Gasteiger partial charge in [-0.2, -0.15) is 0 Å². The first-order valence-electron chi connectivity index (χ1n) is 6.56. The van der Waals surface area contributed by atoms with Gasteiger partial charge in [0.2, 0.25) is 0 Å². The Labute approximate surface area is 112 Å². The van der Waals surface area contributed by atoms with Crippen molar-refractivity contribution in [2.75, 3.05) is 6.54 Å². The lowest BCUT2D eigenvalue weighted by Crippen LogP contribution is -2.02. The molecule has 2 N–H and O–H groups in total. The lowest BCUT2D eigenvalue weighted by Gasteiger charge is -2.05. The summed E-state index contributed by atoms with van der Waals surface area (Å²) in [4.78, 5) is 6.01. The quantitative estimate of drug-likeness (QED) is 0.918. The van der Waals surface area contributed by atoms with Gasteiger partial charge in [-0.3, -0.25) is 0 Å². The van der Waals surface area contributed by atoms with Gasteiger partial charge in [0, 0.05) is 10.4 Å². The van der Waals surface area contributed by atoms with Crippen molar-refractivity contribution in [1.29, 1.82) is 0 Å². The second-order valence-electron chi connectivity index (χ2n) is 4.88. The van der Waals surface area contributed by atoms with Crippen LogP contribution < -0.4 is 5.73 Å². The Hall–Kier alpha value is -1.19. The van der Waals surface area contributed by atoms with Crippen LogP contribution in [0.2, 0.25) is 0 Å². The van der Waals surface area contributed by atoms with Crippen LogP contribution >= 0.6 is 11.3 Å². The summed E-state index contributed by atoms with van der Waals surface area (Å²) in [6.07, 6.45) is 4.68. The fraction of sp³-hybridized carbons (Fsp3) is 0.400. The highest BCUT2D eigenvalue weighted by molar-refractivity contribution is 7.12. The Morgan fingerprint density at radius 3 is 2.94 bits per heavy atom. The van der Waals surface area contributed by atoms with Crippen LogP contribution in [-0.2, 0) is 19.3 Å². The van der Waals surface area contributed by atoms with E-state index in [1.807, 2.05) is 0 Å². The minimum Gasteiger partial charge on any atom is -0.330 e. The number of aromatic nitrogens is 1. The van der Waals surface area contributed by atoms with Gasteiger partial charge in [-0.25, -0.2) is 4.98 Å². The Morgan fingerprint density at radius 2 is 2.11 bits per heavy atom. The molecule has 0 unspecified atom stereocenters. The molecule has 0 saturated carbocycles. The van der Waals surface area contributed by atoms with Crippen LogP contribution in [0.15, 0.2) is 18.2 Å². The zero-order chi connectivity index (χ0) is 12.5. The monoisotopic (exact) mass is 258 g/mol.